The van der Waals surface area contributed by atoms with Crippen LogP contribution >= 0.6 is 22.9 Å². The number of halogens is 1. The molecule has 11 heavy (non-hydrogen) atoms. The van der Waals surface area contributed by atoms with Crippen LogP contribution < -0.4 is 0 Å². The van der Waals surface area contributed by atoms with Crippen molar-refractivity contribution in [3.63, 3.8) is 0 Å². The summed E-state index contributed by atoms with van der Waals surface area (Å²) in [5, 5.41) is 0. The first-order valence-electron chi connectivity index (χ1n) is 3.75. The highest BCUT2D eigenvalue weighted by Gasteiger charge is 2.20. The van der Waals surface area contributed by atoms with E-state index in [0.717, 1.165) is 26.1 Å². The van der Waals surface area contributed by atoms with E-state index in [-0.39, 0.29) is 5.91 Å². The average Bonchev–Trinajstić information content (AvgIpc) is 2.05. The molecule has 0 aliphatic carbocycles. The van der Waals surface area contributed by atoms with Gasteiger partial charge in [0.05, 0.1) is 22.9 Å². The fraction of sp³-hybridized carbons (Fsp3) is 0.857. The molecule has 1 fully saturated rings. The number of carbonyl (C=O) groups excluding carboxylic acids is 1. The van der Waals surface area contributed by atoms with Gasteiger partial charge in [0.1, 0.15) is 0 Å². The van der Waals surface area contributed by atoms with Gasteiger partial charge in [-0.25, -0.2) is 0 Å². The zero-order valence-electron chi connectivity index (χ0n) is 6.55. The van der Waals surface area contributed by atoms with Crippen LogP contribution in [0.5, 0.6) is 0 Å². The molecule has 0 radical (unpaired) electrons. The first kappa shape index (κ1) is 9.25. The van der Waals surface area contributed by atoms with Gasteiger partial charge >= 0.3 is 0 Å². The van der Waals surface area contributed by atoms with Crippen LogP contribution in [0.15, 0.2) is 0 Å². The van der Waals surface area contributed by atoms with Crippen LogP contribution in [0.1, 0.15) is 19.8 Å². The van der Waals surface area contributed by atoms with Crippen molar-refractivity contribution in [3.8, 4) is 0 Å². The maximum absolute atomic E-state index is 10.9. The van der Waals surface area contributed by atoms with E-state index < -0.39 is 0 Å². The maximum atomic E-state index is 10.9. The summed E-state index contributed by atoms with van der Waals surface area (Å²) in [6, 6.07) is 0.391. The first-order chi connectivity index (χ1) is 5.22. The molecule has 1 saturated heterocycles. The second-order valence-corrected chi connectivity index (χ2v) is 3.71. The van der Waals surface area contributed by atoms with E-state index in [1.807, 2.05) is 0 Å². The van der Waals surface area contributed by atoms with Gasteiger partial charge in [-0.3, -0.25) is 7.91 Å². The van der Waals surface area contributed by atoms with Crippen molar-refractivity contribution >= 4 is 28.8 Å². The highest BCUT2D eigenvalue weighted by atomic mass is 127. The van der Waals surface area contributed by atoms with Gasteiger partial charge in [0.25, 0.3) is 0 Å². The lowest BCUT2D eigenvalue weighted by molar-refractivity contribution is -0.125. The van der Waals surface area contributed by atoms with Gasteiger partial charge in [0.15, 0.2) is 0 Å². The minimum absolute atomic E-state index is 0.137. The molecule has 64 valence electrons. The normalized spacial score (nSPS) is 19.8. The minimum atomic E-state index is 0.137. The summed E-state index contributed by atoms with van der Waals surface area (Å²) in [6.07, 6.45) is 1.95. The Kier molecular flexibility index (Phi) is 3.58. The third kappa shape index (κ3) is 2.59. The molecule has 0 aromatic carbocycles. The van der Waals surface area contributed by atoms with Crippen LogP contribution in [0, 0.1) is 0 Å². The maximum Gasteiger partial charge on any atom is 0.228 e. The number of rotatable bonds is 1. The van der Waals surface area contributed by atoms with Crippen molar-refractivity contribution in [2.45, 2.75) is 25.8 Å². The van der Waals surface area contributed by atoms with Gasteiger partial charge in [0, 0.05) is 26.2 Å². The van der Waals surface area contributed by atoms with Crippen molar-refractivity contribution in [3.05, 3.63) is 0 Å². The molecule has 1 heterocycles. The second kappa shape index (κ2) is 4.25. The summed E-state index contributed by atoms with van der Waals surface area (Å²) in [7, 11) is 0. The number of nitrogens with zero attached hydrogens (tertiary/aromatic N) is 1. The molecule has 1 rings (SSSR count). The number of hydrogen-bond donors (Lipinski definition) is 0. The zero-order chi connectivity index (χ0) is 8.27. The van der Waals surface area contributed by atoms with E-state index in [4.69, 9.17) is 4.74 Å². The predicted octanol–water partition coefficient (Wildman–Crippen LogP) is 1.36. The smallest absolute Gasteiger partial charge is 0.228 e. The van der Waals surface area contributed by atoms with E-state index >= 15 is 0 Å². The molecular formula is C7H12INO2. The molecule has 3 nitrogen and oxygen atoms in total. The summed E-state index contributed by atoms with van der Waals surface area (Å²) >= 11 is 2.08. The lowest BCUT2D eigenvalue weighted by Crippen LogP contribution is -2.35. The third-order valence-corrected chi connectivity index (χ3v) is 3.28. The number of carbonyl (C=O) groups is 1. The Hall–Kier alpha value is 0.160. The van der Waals surface area contributed by atoms with Gasteiger partial charge < -0.3 is 4.74 Å². The lowest BCUT2D eigenvalue weighted by Gasteiger charge is -2.28. The lowest BCUT2D eigenvalue weighted by atomic mass is 10.1. The Morgan fingerprint density at radius 1 is 1.55 bits per heavy atom. The Labute approximate surface area is 80.6 Å². The van der Waals surface area contributed by atoms with Crippen LogP contribution in [0.3, 0.4) is 0 Å². The molecule has 0 bridgehead atoms. The van der Waals surface area contributed by atoms with Gasteiger partial charge in [-0.15, -0.1) is 0 Å². The van der Waals surface area contributed by atoms with E-state index in [9.17, 15) is 4.79 Å². The summed E-state index contributed by atoms with van der Waals surface area (Å²) < 4.78 is 6.97. The number of amides is 1. The zero-order valence-corrected chi connectivity index (χ0v) is 8.70. The van der Waals surface area contributed by atoms with Crippen molar-refractivity contribution < 1.29 is 9.53 Å². The van der Waals surface area contributed by atoms with Crippen LogP contribution in [0.2, 0.25) is 0 Å². The Bertz CT molecular complexity index is 145. The van der Waals surface area contributed by atoms with Gasteiger partial charge in [0.2, 0.25) is 5.91 Å². The van der Waals surface area contributed by atoms with Crippen molar-refractivity contribution in [1.29, 1.82) is 0 Å². The number of hydrogen-bond acceptors (Lipinski definition) is 2. The molecular weight excluding hydrogens is 257 g/mol. The van der Waals surface area contributed by atoms with Crippen molar-refractivity contribution in [1.82, 2.24) is 3.11 Å². The first-order valence-corrected chi connectivity index (χ1v) is 4.71. The fourth-order valence-corrected chi connectivity index (χ4v) is 1.73. The second-order valence-electron chi connectivity index (χ2n) is 2.67. The van der Waals surface area contributed by atoms with Crippen LogP contribution in [0.25, 0.3) is 0 Å². The predicted molar refractivity (Wildman–Crippen MR) is 50.4 cm³/mol. The van der Waals surface area contributed by atoms with E-state index in [1.165, 1.54) is 0 Å². The van der Waals surface area contributed by atoms with E-state index in [0.29, 0.717) is 6.04 Å². The minimum Gasteiger partial charge on any atom is -0.381 e. The summed E-state index contributed by atoms with van der Waals surface area (Å²) in [4.78, 5) is 10.9. The molecule has 0 unspecified atom stereocenters. The Morgan fingerprint density at radius 2 is 2.09 bits per heavy atom. The quantitative estimate of drug-likeness (QED) is 0.531. The molecule has 0 saturated carbocycles. The Morgan fingerprint density at radius 3 is 2.55 bits per heavy atom. The topological polar surface area (TPSA) is 29.5 Å². The van der Waals surface area contributed by atoms with Crippen molar-refractivity contribution in [2.24, 2.45) is 0 Å². The van der Waals surface area contributed by atoms with Crippen LogP contribution in [0.4, 0.5) is 0 Å². The number of ether oxygens (including phenoxy) is 1. The third-order valence-electron chi connectivity index (χ3n) is 1.81. The van der Waals surface area contributed by atoms with Crippen LogP contribution in [-0.2, 0) is 9.53 Å². The molecule has 4 heteroatoms. The largest absolute Gasteiger partial charge is 0.381 e. The summed E-state index contributed by atoms with van der Waals surface area (Å²) in [5.74, 6) is 0.137. The molecule has 0 spiro atoms. The molecule has 0 aromatic rings. The standard InChI is InChI=1S/C7H12INO2/c1-6(10)9(8)7-2-4-11-5-3-7/h7H,2-5H2,1H3. The molecule has 0 atom stereocenters. The van der Waals surface area contributed by atoms with Crippen molar-refractivity contribution in [2.75, 3.05) is 13.2 Å². The van der Waals surface area contributed by atoms with Gasteiger partial charge in [-0.2, -0.15) is 0 Å². The summed E-state index contributed by atoms with van der Waals surface area (Å²) in [5.41, 5.74) is 0. The van der Waals surface area contributed by atoms with E-state index in [1.54, 1.807) is 10.0 Å². The van der Waals surface area contributed by atoms with Crippen LogP contribution in [-0.4, -0.2) is 28.3 Å². The summed E-state index contributed by atoms with van der Waals surface area (Å²) in [6.45, 7) is 3.18. The average molecular weight is 269 g/mol. The van der Waals surface area contributed by atoms with Gasteiger partial charge in [-0.05, 0) is 12.8 Å². The molecule has 1 amide bonds. The highest BCUT2D eigenvalue weighted by Crippen LogP contribution is 2.17. The van der Waals surface area contributed by atoms with E-state index in [2.05, 4.69) is 22.9 Å². The highest BCUT2D eigenvalue weighted by molar-refractivity contribution is 14.1. The fourth-order valence-electron chi connectivity index (χ4n) is 1.17. The molecule has 0 N–H and O–H groups in total. The molecule has 0 aromatic heterocycles. The molecule has 1 aliphatic heterocycles. The molecule has 1 aliphatic rings. The Balaban J connectivity index is 2.38. The monoisotopic (exact) mass is 269 g/mol. The van der Waals surface area contributed by atoms with Gasteiger partial charge in [-0.1, -0.05) is 0 Å². The SMILES string of the molecule is CC(=O)N(I)C1CCOCC1.